The van der Waals surface area contributed by atoms with Crippen LogP contribution in [-0.2, 0) is 6.54 Å². The third-order valence-corrected chi connectivity index (χ3v) is 3.53. The zero-order valence-corrected chi connectivity index (χ0v) is 11.5. The van der Waals surface area contributed by atoms with Crippen molar-refractivity contribution >= 4 is 10.8 Å². The molecule has 3 aromatic rings. The highest BCUT2D eigenvalue weighted by Gasteiger charge is 2.14. The fourth-order valence-corrected chi connectivity index (χ4v) is 2.46. The lowest BCUT2D eigenvalue weighted by Gasteiger charge is -2.14. The number of hydrogen-bond donors (Lipinski definition) is 1. The normalized spacial score (nSPS) is 12.7. The molecule has 0 aliphatic carbocycles. The Hall–Kier alpha value is -2.20. The topological polar surface area (TPSA) is 56.7 Å². The number of nitrogens with two attached hydrogens (primary N) is 1. The van der Waals surface area contributed by atoms with Crippen molar-refractivity contribution in [1.29, 1.82) is 0 Å². The highest BCUT2D eigenvalue weighted by Crippen LogP contribution is 2.23. The second kappa shape index (κ2) is 5.43. The van der Waals surface area contributed by atoms with Crippen LogP contribution in [0.2, 0.25) is 0 Å². The summed E-state index contributed by atoms with van der Waals surface area (Å²) in [6.45, 7) is 2.96. The monoisotopic (exact) mass is 266 g/mol. The van der Waals surface area contributed by atoms with Crippen LogP contribution in [0.25, 0.3) is 10.8 Å². The number of aryl methyl sites for hydroxylation is 1. The largest absolute Gasteiger partial charge is 0.319 e. The van der Waals surface area contributed by atoms with Gasteiger partial charge in [0, 0.05) is 6.54 Å². The van der Waals surface area contributed by atoms with Gasteiger partial charge in [0.05, 0.1) is 17.9 Å². The zero-order valence-electron chi connectivity index (χ0n) is 11.5. The molecule has 20 heavy (non-hydrogen) atoms. The van der Waals surface area contributed by atoms with Gasteiger partial charge in [-0.2, -0.15) is 0 Å². The van der Waals surface area contributed by atoms with Gasteiger partial charge in [-0.3, -0.25) is 0 Å². The van der Waals surface area contributed by atoms with Crippen LogP contribution in [0.15, 0.2) is 48.7 Å². The van der Waals surface area contributed by atoms with Crippen LogP contribution in [0.5, 0.6) is 0 Å². The fraction of sp³-hybridized carbons (Fsp3) is 0.250. The molecule has 0 aliphatic heterocycles. The Kier molecular flexibility index (Phi) is 3.48. The molecule has 0 aliphatic rings. The summed E-state index contributed by atoms with van der Waals surface area (Å²) in [5.41, 5.74) is 8.43. The van der Waals surface area contributed by atoms with Crippen molar-refractivity contribution in [2.75, 3.05) is 0 Å². The van der Waals surface area contributed by atoms with Gasteiger partial charge in [0.25, 0.3) is 0 Å². The van der Waals surface area contributed by atoms with Gasteiger partial charge in [0.1, 0.15) is 0 Å². The van der Waals surface area contributed by atoms with Gasteiger partial charge in [-0.1, -0.05) is 48.5 Å². The maximum atomic E-state index is 6.38. The first-order valence-corrected chi connectivity index (χ1v) is 6.92. The van der Waals surface area contributed by atoms with Crippen molar-refractivity contribution in [1.82, 2.24) is 15.0 Å². The first-order chi connectivity index (χ1) is 9.79. The Bertz CT molecular complexity index is 717. The lowest BCUT2D eigenvalue weighted by molar-refractivity contribution is 0.543. The molecule has 0 saturated carbocycles. The molecule has 0 bridgehead atoms. The molecule has 1 atom stereocenters. The minimum atomic E-state index is -0.193. The number of aromatic nitrogens is 3. The molecule has 0 spiro atoms. The summed E-state index contributed by atoms with van der Waals surface area (Å²) in [5.74, 6) is 0. The van der Waals surface area contributed by atoms with E-state index in [1.807, 2.05) is 16.8 Å². The van der Waals surface area contributed by atoms with E-state index in [4.69, 9.17) is 5.73 Å². The Morgan fingerprint density at radius 1 is 1.15 bits per heavy atom. The quantitative estimate of drug-likeness (QED) is 0.790. The van der Waals surface area contributed by atoms with Crippen LogP contribution < -0.4 is 5.73 Å². The molecule has 2 N–H and O–H groups in total. The Labute approximate surface area is 118 Å². The summed E-state index contributed by atoms with van der Waals surface area (Å²) < 4.78 is 1.89. The van der Waals surface area contributed by atoms with E-state index in [0.29, 0.717) is 0 Å². The van der Waals surface area contributed by atoms with Crippen LogP contribution in [-0.4, -0.2) is 15.0 Å². The number of benzene rings is 2. The van der Waals surface area contributed by atoms with E-state index in [1.54, 1.807) is 6.20 Å². The summed E-state index contributed by atoms with van der Waals surface area (Å²) in [5, 5.41) is 10.5. The molecule has 1 heterocycles. The van der Waals surface area contributed by atoms with Crippen LogP contribution >= 0.6 is 0 Å². The van der Waals surface area contributed by atoms with Crippen LogP contribution in [0.3, 0.4) is 0 Å². The zero-order chi connectivity index (χ0) is 13.9. The van der Waals surface area contributed by atoms with Gasteiger partial charge in [0.2, 0.25) is 0 Å². The summed E-state index contributed by atoms with van der Waals surface area (Å²) in [6.07, 6.45) is 2.77. The third kappa shape index (κ3) is 2.30. The lowest BCUT2D eigenvalue weighted by Crippen LogP contribution is -2.17. The third-order valence-electron chi connectivity index (χ3n) is 3.53. The molecule has 0 fully saturated rings. The van der Waals surface area contributed by atoms with Gasteiger partial charge >= 0.3 is 0 Å². The van der Waals surface area contributed by atoms with E-state index >= 15 is 0 Å². The predicted octanol–water partition coefficient (Wildman–Crippen LogP) is 2.89. The number of fused-ring (bicyclic) bond motifs is 1. The lowest BCUT2D eigenvalue weighted by atomic mass is 10.0. The molecule has 4 nitrogen and oxygen atoms in total. The second-order valence-corrected chi connectivity index (χ2v) is 4.97. The van der Waals surface area contributed by atoms with E-state index in [9.17, 15) is 0 Å². The molecule has 1 unspecified atom stereocenters. The number of rotatable bonds is 4. The molecule has 1 aromatic heterocycles. The van der Waals surface area contributed by atoms with Crippen LogP contribution in [0.4, 0.5) is 0 Å². The second-order valence-electron chi connectivity index (χ2n) is 4.97. The number of hydrogen-bond acceptors (Lipinski definition) is 3. The molecular weight excluding hydrogens is 248 g/mol. The minimum absolute atomic E-state index is 0.193. The molecule has 102 valence electrons. The summed E-state index contributed by atoms with van der Waals surface area (Å²) in [7, 11) is 0. The minimum Gasteiger partial charge on any atom is -0.319 e. The average Bonchev–Trinajstić information content (AvgIpc) is 2.94. The standard InChI is InChI=1S/C16H18N4/c1-2-9-20-15(11-18-19-20)16(17)14-8-7-12-5-3-4-6-13(12)10-14/h3-8,10-11,16H,2,9,17H2,1H3. The highest BCUT2D eigenvalue weighted by atomic mass is 15.4. The maximum Gasteiger partial charge on any atom is 0.0799 e. The van der Waals surface area contributed by atoms with Gasteiger partial charge in [0.15, 0.2) is 0 Å². The fourth-order valence-electron chi connectivity index (χ4n) is 2.46. The molecular formula is C16H18N4. The van der Waals surface area contributed by atoms with Gasteiger partial charge in [-0.05, 0) is 28.8 Å². The van der Waals surface area contributed by atoms with Gasteiger partial charge < -0.3 is 5.73 Å². The van der Waals surface area contributed by atoms with Crippen molar-refractivity contribution in [2.24, 2.45) is 5.73 Å². The first kappa shape index (κ1) is 12.8. The Morgan fingerprint density at radius 2 is 1.95 bits per heavy atom. The predicted molar refractivity (Wildman–Crippen MR) is 80.3 cm³/mol. The smallest absolute Gasteiger partial charge is 0.0799 e. The van der Waals surface area contributed by atoms with E-state index < -0.39 is 0 Å². The SMILES string of the molecule is CCCn1nncc1C(N)c1ccc2ccccc2c1. The number of nitrogens with zero attached hydrogens (tertiary/aromatic N) is 3. The van der Waals surface area contributed by atoms with Crippen molar-refractivity contribution in [2.45, 2.75) is 25.9 Å². The molecule has 0 radical (unpaired) electrons. The van der Waals surface area contributed by atoms with Gasteiger partial charge in [-0.15, -0.1) is 5.10 Å². The van der Waals surface area contributed by atoms with Crippen molar-refractivity contribution < 1.29 is 0 Å². The van der Waals surface area contributed by atoms with Crippen molar-refractivity contribution in [3.63, 3.8) is 0 Å². The highest BCUT2D eigenvalue weighted by molar-refractivity contribution is 5.83. The molecule has 4 heteroatoms. The molecule has 2 aromatic carbocycles. The van der Waals surface area contributed by atoms with E-state index in [-0.39, 0.29) is 6.04 Å². The molecule has 0 saturated heterocycles. The Morgan fingerprint density at radius 3 is 2.75 bits per heavy atom. The van der Waals surface area contributed by atoms with Gasteiger partial charge in [-0.25, -0.2) is 4.68 Å². The summed E-state index contributed by atoms with van der Waals surface area (Å²) in [4.78, 5) is 0. The summed E-state index contributed by atoms with van der Waals surface area (Å²) in [6, 6.07) is 14.4. The van der Waals surface area contributed by atoms with Crippen molar-refractivity contribution in [3.05, 3.63) is 59.9 Å². The average molecular weight is 266 g/mol. The Balaban J connectivity index is 1.99. The van der Waals surface area contributed by atoms with Crippen LogP contribution in [0, 0.1) is 0 Å². The molecule has 0 amide bonds. The van der Waals surface area contributed by atoms with Crippen molar-refractivity contribution in [3.8, 4) is 0 Å². The summed E-state index contributed by atoms with van der Waals surface area (Å²) >= 11 is 0. The van der Waals surface area contributed by atoms with Crippen LogP contribution in [0.1, 0.15) is 30.6 Å². The maximum absolute atomic E-state index is 6.38. The van der Waals surface area contributed by atoms with E-state index in [0.717, 1.165) is 24.2 Å². The van der Waals surface area contributed by atoms with E-state index in [2.05, 4.69) is 47.6 Å². The molecule has 3 rings (SSSR count). The first-order valence-electron chi connectivity index (χ1n) is 6.92. The van der Waals surface area contributed by atoms with E-state index in [1.165, 1.54) is 10.8 Å².